The van der Waals surface area contributed by atoms with Crippen molar-refractivity contribution in [2.45, 2.75) is 19.9 Å². The summed E-state index contributed by atoms with van der Waals surface area (Å²) < 4.78 is 0. The van der Waals surface area contributed by atoms with Crippen LogP contribution in [0.5, 0.6) is 0 Å². The first-order valence-corrected chi connectivity index (χ1v) is 8.04. The number of benzene rings is 2. The highest BCUT2D eigenvalue weighted by atomic mass is 16.1. The topological polar surface area (TPSA) is 82.7 Å². The van der Waals surface area contributed by atoms with Gasteiger partial charge in [0.15, 0.2) is 0 Å². The number of aromatic amines is 1. The van der Waals surface area contributed by atoms with Crippen LogP contribution in [0.25, 0.3) is 11.0 Å². The summed E-state index contributed by atoms with van der Waals surface area (Å²) in [6.07, 6.45) is 0. The molecule has 0 aliphatic rings. The minimum atomic E-state index is -0.111. The second-order valence-corrected chi connectivity index (χ2v) is 6.10. The molecule has 3 rings (SSSR count). The van der Waals surface area contributed by atoms with Gasteiger partial charge in [0.2, 0.25) is 0 Å². The molecule has 0 unspecified atom stereocenters. The van der Waals surface area contributed by atoms with Crippen molar-refractivity contribution in [3.8, 4) is 0 Å². The molecule has 0 radical (unpaired) electrons. The number of anilines is 1. The van der Waals surface area contributed by atoms with Crippen LogP contribution >= 0.6 is 0 Å². The molecule has 0 spiro atoms. The summed E-state index contributed by atoms with van der Waals surface area (Å²) in [5.74, 6) is 0.268. The lowest BCUT2D eigenvalue weighted by atomic mass is 10.0. The smallest absolute Gasteiger partial charge is 0.251 e. The molecule has 0 saturated heterocycles. The number of carbonyl (C=O) groups excluding carboxylic acids is 1. The Morgan fingerprint density at radius 2 is 1.83 bits per heavy atom. The molecule has 1 amide bonds. The fourth-order valence-electron chi connectivity index (χ4n) is 2.49. The van der Waals surface area contributed by atoms with E-state index in [2.05, 4.69) is 39.9 Å². The van der Waals surface area contributed by atoms with Crippen molar-refractivity contribution in [1.82, 2.24) is 20.7 Å². The van der Waals surface area contributed by atoms with Crippen molar-refractivity contribution in [1.29, 1.82) is 0 Å². The zero-order chi connectivity index (χ0) is 16.9. The van der Waals surface area contributed by atoms with Gasteiger partial charge < -0.3 is 10.6 Å². The molecule has 6 heteroatoms. The number of nitrogens with one attached hydrogen (secondary N) is 3. The average Bonchev–Trinajstić information content (AvgIpc) is 3.06. The first kappa shape index (κ1) is 16.0. The lowest BCUT2D eigenvalue weighted by Crippen LogP contribution is -2.39. The first-order valence-electron chi connectivity index (χ1n) is 8.04. The third kappa shape index (κ3) is 3.71. The highest BCUT2D eigenvalue weighted by Gasteiger charge is 2.15. The van der Waals surface area contributed by atoms with E-state index >= 15 is 0 Å². The summed E-state index contributed by atoms with van der Waals surface area (Å²) in [6, 6.07) is 15.4. The number of fused-ring (bicyclic) bond motifs is 1. The van der Waals surface area contributed by atoms with Gasteiger partial charge in [-0.15, -0.1) is 0 Å². The number of hydrogen-bond donors (Lipinski definition) is 3. The molecule has 2 aromatic carbocycles. The van der Waals surface area contributed by atoms with Gasteiger partial charge >= 0.3 is 0 Å². The molecule has 1 atom stereocenters. The number of hydrogen-bond acceptors (Lipinski definition) is 4. The fraction of sp³-hybridized carbons (Fsp3) is 0.278. The van der Waals surface area contributed by atoms with Crippen LogP contribution in [-0.4, -0.2) is 33.9 Å². The summed E-state index contributed by atoms with van der Waals surface area (Å²) in [5, 5.41) is 17.0. The van der Waals surface area contributed by atoms with Gasteiger partial charge in [-0.2, -0.15) is 15.4 Å². The van der Waals surface area contributed by atoms with Gasteiger partial charge in [-0.05, 0) is 36.2 Å². The maximum absolute atomic E-state index is 12.4. The van der Waals surface area contributed by atoms with Crippen LogP contribution in [0.15, 0.2) is 48.5 Å². The van der Waals surface area contributed by atoms with Gasteiger partial charge in [0.25, 0.3) is 5.91 Å². The Kier molecular flexibility index (Phi) is 4.74. The van der Waals surface area contributed by atoms with E-state index in [9.17, 15) is 4.79 Å². The van der Waals surface area contributed by atoms with E-state index in [0.29, 0.717) is 23.5 Å². The van der Waals surface area contributed by atoms with E-state index in [0.717, 1.165) is 11.2 Å². The molecule has 124 valence electrons. The third-order valence-corrected chi connectivity index (χ3v) is 3.99. The van der Waals surface area contributed by atoms with Gasteiger partial charge in [-0.3, -0.25) is 4.79 Å². The van der Waals surface area contributed by atoms with E-state index < -0.39 is 0 Å². The molecule has 3 aromatic rings. The molecule has 3 N–H and O–H groups in total. The van der Waals surface area contributed by atoms with Crippen LogP contribution < -0.4 is 10.6 Å². The van der Waals surface area contributed by atoms with Crippen LogP contribution in [0, 0.1) is 5.92 Å². The number of para-hydroxylation sites is 1. The van der Waals surface area contributed by atoms with Crippen molar-refractivity contribution >= 4 is 22.6 Å². The Morgan fingerprint density at radius 1 is 1.08 bits per heavy atom. The molecule has 6 nitrogen and oxygen atoms in total. The molecule has 0 saturated carbocycles. The first-order chi connectivity index (χ1) is 11.6. The Labute approximate surface area is 140 Å². The summed E-state index contributed by atoms with van der Waals surface area (Å²) >= 11 is 0. The van der Waals surface area contributed by atoms with Gasteiger partial charge in [0.1, 0.15) is 11.0 Å². The van der Waals surface area contributed by atoms with Gasteiger partial charge in [0, 0.05) is 23.8 Å². The standard InChI is InChI=1S/C18H21N5O/c1-12(2)17(20-14-6-4-3-5-7-14)11-19-18(24)13-8-9-15-16(10-13)22-23-21-15/h3-10,12,17,20H,11H2,1-2H3,(H,19,24)(H,21,22,23)/t17-/m1/s1. The van der Waals surface area contributed by atoms with Crippen molar-refractivity contribution in [3.05, 3.63) is 54.1 Å². The quantitative estimate of drug-likeness (QED) is 0.651. The minimum absolute atomic E-state index is 0.111. The monoisotopic (exact) mass is 323 g/mol. The van der Waals surface area contributed by atoms with Gasteiger partial charge in [0.05, 0.1) is 0 Å². The second kappa shape index (κ2) is 7.12. The van der Waals surface area contributed by atoms with Crippen LogP contribution in [0.3, 0.4) is 0 Å². The number of rotatable bonds is 6. The normalized spacial score (nSPS) is 12.3. The van der Waals surface area contributed by atoms with Crippen molar-refractivity contribution < 1.29 is 4.79 Å². The van der Waals surface area contributed by atoms with Gasteiger partial charge in [-0.25, -0.2) is 0 Å². The highest BCUT2D eigenvalue weighted by Crippen LogP contribution is 2.13. The molecule has 1 aromatic heterocycles. The van der Waals surface area contributed by atoms with E-state index in [-0.39, 0.29) is 11.9 Å². The molecular formula is C18H21N5O. The second-order valence-electron chi connectivity index (χ2n) is 6.10. The molecule has 0 aliphatic heterocycles. The van der Waals surface area contributed by atoms with Crippen molar-refractivity contribution in [2.75, 3.05) is 11.9 Å². The lowest BCUT2D eigenvalue weighted by Gasteiger charge is -2.24. The summed E-state index contributed by atoms with van der Waals surface area (Å²) in [4.78, 5) is 12.4. The van der Waals surface area contributed by atoms with E-state index in [1.807, 2.05) is 30.3 Å². The number of carbonyl (C=O) groups is 1. The summed E-state index contributed by atoms with van der Waals surface area (Å²) in [7, 11) is 0. The number of amides is 1. The Morgan fingerprint density at radius 3 is 2.58 bits per heavy atom. The van der Waals surface area contributed by atoms with E-state index in [1.165, 1.54) is 0 Å². The van der Waals surface area contributed by atoms with E-state index in [4.69, 9.17) is 0 Å². The van der Waals surface area contributed by atoms with Crippen molar-refractivity contribution in [3.63, 3.8) is 0 Å². The third-order valence-electron chi connectivity index (χ3n) is 3.99. The number of H-pyrrole nitrogens is 1. The largest absolute Gasteiger partial charge is 0.380 e. The molecular weight excluding hydrogens is 302 g/mol. The Balaban J connectivity index is 1.64. The Hall–Kier alpha value is -2.89. The predicted molar refractivity (Wildman–Crippen MR) is 94.9 cm³/mol. The van der Waals surface area contributed by atoms with Crippen LogP contribution in [-0.2, 0) is 0 Å². The summed E-state index contributed by atoms with van der Waals surface area (Å²) in [6.45, 7) is 4.81. The zero-order valence-corrected chi connectivity index (χ0v) is 13.8. The predicted octanol–water partition coefficient (Wildman–Crippen LogP) is 2.82. The molecule has 0 aliphatic carbocycles. The highest BCUT2D eigenvalue weighted by molar-refractivity contribution is 5.97. The van der Waals surface area contributed by atoms with Crippen LogP contribution in [0.1, 0.15) is 24.2 Å². The van der Waals surface area contributed by atoms with Crippen LogP contribution in [0.2, 0.25) is 0 Å². The Bertz CT molecular complexity index is 812. The molecule has 0 fully saturated rings. The number of nitrogens with zero attached hydrogens (tertiary/aromatic N) is 2. The van der Waals surface area contributed by atoms with Gasteiger partial charge in [-0.1, -0.05) is 32.0 Å². The van der Waals surface area contributed by atoms with E-state index in [1.54, 1.807) is 18.2 Å². The SMILES string of the molecule is CC(C)[C@@H](CNC(=O)c1ccc2n[nH]nc2c1)Nc1ccccc1. The average molecular weight is 323 g/mol. The lowest BCUT2D eigenvalue weighted by molar-refractivity contribution is 0.0950. The number of aromatic nitrogens is 3. The fourth-order valence-corrected chi connectivity index (χ4v) is 2.49. The maximum Gasteiger partial charge on any atom is 0.251 e. The zero-order valence-electron chi connectivity index (χ0n) is 13.8. The molecule has 0 bridgehead atoms. The summed E-state index contributed by atoms with van der Waals surface area (Å²) in [5.41, 5.74) is 3.07. The van der Waals surface area contributed by atoms with Crippen LogP contribution in [0.4, 0.5) is 5.69 Å². The molecule has 24 heavy (non-hydrogen) atoms. The maximum atomic E-state index is 12.4. The minimum Gasteiger partial charge on any atom is -0.380 e. The van der Waals surface area contributed by atoms with Crippen molar-refractivity contribution in [2.24, 2.45) is 5.92 Å². The molecule has 1 heterocycles.